The number of benzene rings is 8. The van der Waals surface area contributed by atoms with E-state index in [-0.39, 0.29) is 0 Å². The van der Waals surface area contributed by atoms with Crippen LogP contribution in [0.4, 0.5) is 17.1 Å². The van der Waals surface area contributed by atoms with E-state index < -0.39 is 5.41 Å². The Bertz CT molecular complexity index is 2980. The molecule has 0 saturated heterocycles. The Morgan fingerprint density at radius 3 is 1.84 bits per heavy atom. The second-order valence-electron chi connectivity index (χ2n) is 14.3. The Kier molecular flexibility index (Phi) is 7.08. The quantitative estimate of drug-likeness (QED) is 0.173. The van der Waals surface area contributed by atoms with E-state index in [1.165, 1.54) is 44.5 Å². The summed E-state index contributed by atoms with van der Waals surface area (Å²) in [4.78, 5) is 7.19. The molecular weight excluding hydrogens is 669 g/mol. The maximum atomic E-state index is 6.63. The van der Waals surface area contributed by atoms with Gasteiger partial charge in [-0.05, 0) is 86.3 Å². The van der Waals surface area contributed by atoms with E-state index in [4.69, 9.17) is 9.40 Å². The summed E-state index contributed by atoms with van der Waals surface area (Å²) >= 11 is 0. The zero-order valence-corrected chi connectivity index (χ0v) is 29.9. The molecule has 1 aliphatic rings. The lowest BCUT2D eigenvalue weighted by Gasteiger charge is -2.35. The van der Waals surface area contributed by atoms with Crippen LogP contribution in [0.25, 0.3) is 55.1 Å². The lowest BCUT2D eigenvalue weighted by Crippen LogP contribution is -2.28. The maximum Gasteiger partial charge on any atom is 0.229 e. The van der Waals surface area contributed by atoms with Gasteiger partial charge in [-0.1, -0.05) is 164 Å². The summed E-state index contributed by atoms with van der Waals surface area (Å²) in [6.45, 7) is 0. The molecule has 2 aromatic heterocycles. The molecule has 0 amide bonds. The molecule has 0 bridgehead atoms. The van der Waals surface area contributed by atoms with Crippen LogP contribution in [0.1, 0.15) is 22.3 Å². The third-order valence-electron chi connectivity index (χ3n) is 11.4. The van der Waals surface area contributed by atoms with Gasteiger partial charge in [-0.3, -0.25) is 0 Å². The van der Waals surface area contributed by atoms with Crippen LogP contribution in [0.15, 0.2) is 211 Å². The zero-order valence-electron chi connectivity index (χ0n) is 29.9. The van der Waals surface area contributed by atoms with Crippen LogP contribution in [-0.4, -0.2) is 4.98 Å². The third kappa shape index (κ3) is 4.73. The molecule has 2 heterocycles. The van der Waals surface area contributed by atoms with E-state index in [1.807, 2.05) is 6.20 Å². The van der Waals surface area contributed by atoms with Crippen LogP contribution in [-0.2, 0) is 5.41 Å². The Morgan fingerprint density at radius 2 is 1.07 bits per heavy atom. The molecule has 0 radical (unpaired) electrons. The fourth-order valence-corrected chi connectivity index (χ4v) is 9.03. The molecule has 3 nitrogen and oxygen atoms in total. The summed E-state index contributed by atoms with van der Waals surface area (Å²) in [6, 6.07) is 72.2. The van der Waals surface area contributed by atoms with Crippen LogP contribution in [0.5, 0.6) is 0 Å². The van der Waals surface area contributed by atoms with Gasteiger partial charge >= 0.3 is 0 Å². The highest BCUT2D eigenvalue weighted by molar-refractivity contribution is 6.18. The van der Waals surface area contributed by atoms with Crippen LogP contribution >= 0.6 is 0 Å². The molecule has 10 aromatic rings. The molecule has 0 N–H and O–H groups in total. The van der Waals surface area contributed by atoms with Gasteiger partial charge in [-0.2, -0.15) is 0 Å². The first-order valence-electron chi connectivity index (χ1n) is 18.8. The van der Waals surface area contributed by atoms with E-state index in [1.54, 1.807) is 0 Å². The van der Waals surface area contributed by atoms with Gasteiger partial charge in [0.05, 0.1) is 16.5 Å². The highest BCUT2D eigenvalue weighted by Gasteiger charge is 2.46. The number of aromatic nitrogens is 1. The summed E-state index contributed by atoms with van der Waals surface area (Å²) in [5, 5.41) is 4.24. The highest BCUT2D eigenvalue weighted by atomic mass is 16.3. The molecule has 0 atom stereocenters. The second-order valence-corrected chi connectivity index (χ2v) is 14.3. The standard InChI is InChI=1S/C52H34N2O/c1-4-14-35(15-5-1)36-24-27-40(28-25-36)54(48-32-33-53-51-49(48)45-30-26-37-16-10-11-21-42(37)50(45)55-51)41-29-31-44-43-22-12-13-23-46(43)52(47(44)34-41,38-17-6-2-7-18-38)39-19-8-3-9-20-39/h1-34H. The summed E-state index contributed by atoms with van der Waals surface area (Å²) in [5.74, 6) is 0. The maximum absolute atomic E-state index is 6.63. The molecule has 55 heavy (non-hydrogen) atoms. The molecule has 0 unspecified atom stereocenters. The van der Waals surface area contributed by atoms with E-state index in [2.05, 4.69) is 205 Å². The minimum absolute atomic E-state index is 0.526. The first-order valence-corrected chi connectivity index (χ1v) is 18.8. The lowest BCUT2D eigenvalue weighted by molar-refractivity contribution is 0.657. The number of fused-ring (bicyclic) bond motifs is 8. The third-order valence-corrected chi connectivity index (χ3v) is 11.4. The van der Waals surface area contributed by atoms with Crippen LogP contribution in [0.3, 0.4) is 0 Å². The molecule has 11 rings (SSSR count). The van der Waals surface area contributed by atoms with Gasteiger partial charge in [0.1, 0.15) is 5.58 Å². The fraction of sp³-hybridized carbons (Fsp3) is 0.0192. The van der Waals surface area contributed by atoms with Crippen molar-refractivity contribution in [3.05, 3.63) is 229 Å². The number of furan rings is 1. The normalized spacial score (nSPS) is 12.9. The molecule has 8 aromatic carbocycles. The van der Waals surface area contributed by atoms with Crippen molar-refractivity contribution in [1.82, 2.24) is 4.98 Å². The number of anilines is 3. The topological polar surface area (TPSA) is 29.3 Å². The Morgan fingerprint density at radius 1 is 0.455 bits per heavy atom. The number of hydrogen-bond donors (Lipinski definition) is 0. The zero-order chi connectivity index (χ0) is 36.3. The summed E-state index contributed by atoms with van der Waals surface area (Å²) < 4.78 is 6.63. The lowest BCUT2D eigenvalue weighted by atomic mass is 9.67. The van der Waals surface area contributed by atoms with E-state index >= 15 is 0 Å². The van der Waals surface area contributed by atoms with Gasteiger partial charge in [0.25, 0.3) is 0 Å². The summed E-state index contributed by atoms with van der Waals surface area (Å²) in [6.07, 6.45) is 1.87. The first kappa shape index (κ1) is 31.3. The summed E-state index contributed by atoms with van der Waals surface area (Å²) in [7, 11) is 0. The van der Waals surface area contributed by atoms with Crippen molar-refractivity contribution < 1.29 is 4.42 Å². The molecule has 3 heteroatoms. The van der Waals surface area contributed by atoms with Gasteiger partial charge < -0.3 is 9.32 Å². The summed E-state index contributed by atoms with van der Waals surface area (Å²) in [5.41, 5.74) is 13.9. The Hall–Kier alpha value is -7.23. The molecule has 258 valence electrons. The van der Waals surface area contributed by atoms with Crippen LogP contribution in [0, 0.1) is 0 Å². The van der Waals surface area contributed by atoms with E-state index in [0.29, 0.717) is 5.71 Å². The molecule has 0 aliphatic heterocycles. The highest BCUT2D eigenvalue weighted by Crippen LogP contribution is 2.57. The van der Waals surface area contributed by atoms with Gasteiger partial charge in [0.2, 0.25) is 5.71 Å². The first-order chi connectivity index (χ1) is 27.3. The number of hydrogen-bond acceptors (Lipinski definition) is 3. The van der Waals surface area contributed by atoms with Crippen molar-refractivity contribution in [3.8, 4) is 22.3 Å². The SMILES string of the molecule is c1ccc(-c2ccc(N(c3ccc4c(c3)C(c3ccccc3)(c3ccccc3)c3ccccc3-4)c3ccnc4oc5c6ccccc6ccc5c34)cc2)cc1. The van der Waals surface area contributed by atoms with Crippen molar-refractivity contribution in [2.45, 2.75) is 5.41 Å². The van der Waals surface area contributed by atoms with Gasteiger partial charge in [-0.15, -0.1) is 0 Å². The Balaban J connectivity index is 1.20. The van der Waals surface area contributed by atoms with Gasteiger partial charge in [0, 0.05) is 28.3 Å². The van der Waals surface area contributed by atoms with Crippen LogP contribution in [0.2, 0.25) is 0 Å². The second kappa shape index (κ2) is 12.4. The molecular formula is C52H34N2O. The number of nitrogens with zero attached hydrogens (tertiary/aromatic N) is 2. The minimum atomic E-state index is -0.526. The predicted molar refractivity (Wildman–Crippen MR) is 226 cm³/mol. The van der Waals surface area contributed by atoms with Crippen molar-refractivity contribution in [2.75, 3.05) is 4.90 Å². The van der Waals surface area contributed by atoms with Gasteiger partial charge in [-0.25, -0.2) is 4.98 Å². The average molecular weight is 703 g/mol. The molecule has 1 aliphatic carbocycles. The smallest absolute Gasteiger partial charge is 0.229 e. The predicted octanol–water partition coefficient (Wildman–Crippen LogP) is 13.6. The van der Waals surface area contributed by atoms with Gasteiger partial charge in [0.15, 0.2) is 0 Å². The van der Waals surface area contributed by atoms with Crippen molar-refractivity contribution >= 4 is 49.9 Å². The van der Waals surface area contributed by atoms with Crippen molar-refractivity contribution in [3.63, 3.8) is 0 Å². The van der Waals surface area contributed by atoms with E-state index in [0.717, 1.165) is 44.2 Å². The number of rotatable bonds is 6. The molecule has 0 fully saturated rings. The largest absolute Gasteiger partial charge is 0.437 e. The van der Waals surface area contributed by atoms with Crippen molar-refractivity contribution in [1.29, 1.82) is 0 Å². The average Bonchev–Trinajstić information content (AvgIpc) is 3.80. The minimum Gasteiger partial charge on any atom is -0.437 e. The Labute approximate surface area is 319 Å². The van der Waals surface area contributed by atoms with E-state index in [9.17, 15) is 0 Å². The number of pyridine rings is 1. The monoisotopic (exact) mass is 702 g/mol. The molecule has 0 spiro atoms. The fourth-order valence-electron chi connectivity index (χ4n) is 9.03. The van der Waals surface area contributed by atoms with Crippen LogP contribution < -0.4 is 4.90 Å². The van der Waals surface area contributed by atoms with Crippen molar-refractivity contribution in [2.24, 2.45) is 0 Å². The molecule has 0 saturated carbocycles.